The van der Waals surface area contributed by atoms with Crippen molar-refractivity contribution in [3.05, 3.63) is 49.6 Å². The Hall–Kier alpha value is -0.800. The second-order valence-corrected chi connectivity index (χ2v) is 6.08. The Balaban J connectivity index is 2.16. The minimum absolute atomic E-state index is 0.640. The molecule has 0 N–H and O–H groups in total. The lowest BCUT2D eigenvalue weighted by Crippen LogP contribution is -1.98. The lowest BCUT2D eigenvalue weighted by molar-refractivity contribution is 0.305. The zero-order valence-electron chi connectivity index (χ0n) is 10.2. The summed E-state index contributed by atoms with van der Waals surface area (Å²) in [5.74, 6) is 1.02. The summed E-state index contributed by atoms with van der Waals surface area (Å²) in [5.41, 5.74) is 3.71. The maximum atomic E-state index is 5.94. The summed E-state index contributed by atoms with van der Waals surface area (Å²) < 4.78 is 7.06. The van der Waals surface area contributed by atoms with Crippen LogP contribution in [0.4, 0.5) is 0 Å². The molecule has 1 aromatic carbocycles. The fourth-order valence-electron chi connectivity index (χ4n) is 1.72. The van der Waals surface area contributed by atoms with Crippen molar-refractivity contribution in [3.63, 3.8) is 0 Å². The van der Waals surface area contributed by atoms with Gasteiger partial charge in [0.2, 0.25) is 0 Å². The molecule has 0 aliphatic rings. The van der Waals surface area contributed by atoms with Crippen LogP contribution in [0, 0.1) is 20.8 Å². The van der Waals surface area contributed by atoms with Crippen molar-refractivity contribution in [2.75, 3.05) is 0 Å². The van der Waals surface area contributed by atoms with Gasteiger partial charge < -0.3 is 4.74 Å². The highest BCUT2D eigenvalue weighted by molar-refractivity contribution is 9.10. The molecule has 0 saturated carbocycles. The minimum atomic E-state index is 0.640. The van der Waals surface area contributed by atoms with Gasteiger partial charge in [-0.25, -0.2) is 0 Å². The molecule has 17 heavy (non-hydrogen) atoms. The molecule has 0 unspecified atom stereocenters. The predicted octanol–water partition coefficient (Wildman–Crippen LogP) is 5.01. The van der Waals surface area contributed by atoms with E-state index in [4.69, 9.17) is 4.74 Å². The predicted molar refractivity (Wildman–Crippen MR) is 77.0 cm³/mol. The summed E-state index contributed by atoms with van der Waals surface area (Å²) >= 11 is 5.17. The second kappa shape index (κ2) is 5.23. The largest absolute Gasteiger partial charge is 0.488 e. The van der Waals surface area contributed by atoms with E-state index in [1.807, 2.05) is 0 Å². The van der Waals surface area contributed by atoms with Gasteiger partial charge in [0, 0.05) is 14.7 Å². The Labute approximate surface area is 115 Å². The molecule has 90 valence electrons. The van der Waals surface area contributed by atoms with Crippen molar-refractivity contribution < 1.29 is 4.74 Å². The van der Waals surface area contributed by atoms with Crippen molar-refractivity contribution in [2.45, 2.75) is 27.4 Å². The third-order valence-electron chi connectivity index (χ3n) is 2.85. The molecule has 1 heterocycles. The Morgan fingerprint density at radius 1 is 1.18 bits per heavy atom. The molecule has 1 nitrogen and oxygen atoms in total. The quantitative estimate of drug-likeness (QED) is 0.774. The average Bonchev–Trinajstić information content (AvgIpc) is 2.70. The van der Waals surface area contributed by atoms with Gasteiger partial charge in [-0.2, -0.15) is 0 Å². The molecule has 0 aliphatic heterocycles. The monoisotopic (exact) mass is 310 g/mol. The topological polar surface area (TPSA) is 9.23 Å². The maximum absolute atomic E-state index is 5.94. The van der Waals surface area contributed by atoms with Gasteiger partial charge in [-0.1, -0.05) is 12.1 Å². The van der Waals surface area contributed by atoms with Crippen LogP contribution >= 0.6 is 27.3 Å². The van der Waals surface area contributed by atoms with Crippen LogP contribution in [0.3, 0.4) is 0 Å². The number of hydrogen-bond donors (Lipinski definition) is 0. The molecule has 0 bridgehead atoms. The minimum Gasteiger partial charge on any atom is -0.488 e. The van der Waals surface area contributed by atoms with Gasteiger partial charge >= 0.3 is 0 Å². The van der Waals surface area contributed by atoms with E-state index < -0.39 is 0 Å². The Kier molecular flexibility index (Phi) is 3.89. The first-order chi connectivity index (χ1) is 8.08. The van der Waals surface area contributed by atoms with Crippen LogP contribution in [0.5, 0.6) is 5.75 Å². The number of thiophene rings is 1. The number of ether oxygens (including phenoxy) is 1. The summed E-state index contributed by atoms with van der Waals surface area (Å²) in [6, 6.07) is 6.35. The van der Waals surface area contributed by atoms with E-state index >= 15 is 0 Å². The number of benzene rings is 1. The normalized spacial score (nSPS) is 10.6. The second-order valence-electron chi connectivity index (χ2n) is 4.17. The molecule has 0 saturated heterocycles. The summed E-state index contributed by atoms with van der Waals surface area (Å²) in [7, 11) is 0. The zero-order valence-corrected chi connectivity index (χ0v) is 12.6. The molecule has 0 atom stereocenters. The average molecular weight is 311 g/mol. The molecule has 0 radical (unpaired) electrons. The third kappa shape index (κ3) is 2.90. The number of halogens is 1. The summed E-state index contributed by atoms with van der Waals surface area (Å²) in [6.07, 6.45) is 0. The maximum Gasteiger partial charge on any atom is 0.125 e. The lowest BCUT2D eigenvalue weighted by Gasteiger charge is -2.13. The fourth-order valence-corrected chi connectivity index (χ4v) is 3.08. The molecular weight excluding hydrogens is 296 g/mol. The van der Waals surface area contributed by atoms with Gasteiger partial charge in [0.05, 0.1) is 0 Å². The highest BCUT2D eigenvalue weighted by atomic mass is 79.9. The van der Waals surface area contributed by atoms with Gasteiger partial charge in [0.1, 0.15) is 12.4 Å². The van der Waals surface area contributed by atoms with E-state index in [2.05, 4.69) is 60.3 Å². The molecule has 1 aromatic heterocycles. The Morgan fingerprint density at radius 3 is 2.53 bits per heavy atom. The first kappa shape index (κ1) is 12.7. The molecule has 2 aromatic rings. The van der Waals surface area contributed by atoms with Crippen LogP contribution in [-0.4, -0.2) is 0 Å². The first-order valence-corrected chi connectivity index (χ1v) is 7.17. The smallest absolute Gasteiger partial charge is 0.125 e. The van der Waals surface area contributed by atoms with Gasteiger partial charge in [0.25, 0.3) is 0 Å². The Morgan fingerprint density at radius 2 is 1.88 bits per heavy atom. The van der Waals surface area contributed by atoms with Crippen molar-refractivity contribution in [3.8, 4) is 5.75 Å². The van der Waals surface area contributed by atoms with Gasteiger partial charge in [-0.05, 0) is 59.5 Å². The molecule has 2 rings (SSSR count). The summed E-state index contributed by atoms with van der Waals surface area (Å²) in [6.45, 7) is 6.96. The van der Waals surface area contributed by atoms with E-state index in [0.29, 0.717) is 6.61 Å². The van der Waals surface area contributed by atoms with Crippen LogP contribution in [0.15, 0.2) is 28.1 Å². The van der Waals surface area contributed by atoms with E-state index in [9.17, 15) is 0 Å². The summed E-state index contributed by atoms with van der Waals surface area (Å²) in [5, 5.41) is 2.08. The third-order valence-corrected chi connectivity index (χ3v) is 4.53. The van der Waals surface area contributed by atoms with Crippen LogP contribution < -0.4 is 4.74 Å². The number of aryl methyl sites for hydroxylation is 2. The molecular formula is C14H15BrOS. The highest BCUT2D eigenvalue weighted by Crippen LogP contribution is 2.28. The van der Waals surface area contributed by atoms with Crippen LogP contribution in [0.25, 0.3) is 0 Å². The molecule has 0 fully saturated rings. The fraction of sp³-hybridized carbons (Fsp3) is 0.286. The zero-order chi connectivity index (χ0) is 12.4. The molecule has 0 spiro atoms. The van der Waals surface area contributed by atoms with E-state index in [1.54, 1.807) is 11.3 Å². The van der Waals surface area contributed by atoms with Gasteiger partial charge in [-0.15, -0.1) is 11.3 Å². The lowest BCUT2D eigenvalue weighted by atomic mass is 10.1. The van der Waals surface area contributed by atoms with E-state index in [-0.39, 0.29) is 0 Å². The molecule has 0 aliphatic carbocycles. The molecule has 0 amide bonds. The van der Waals surface area contributed by atoms with Crippen molar-refractivity contribution >= 4 is 27.3 Å². The number of hydrogen-bond acceptors (Lipinski definition) is 2. The standard InChI is InChI=1S/C14H15BrOS/c1-9-4-5-10(2)14(11(9)3)16-7-13-6-12(15)8-17-13/h4-6,8H,7H2,1-3H3. The first-order valence-electron chi connectivity index (χ1n) is 5.50. The van der Waals surface area contributed by atoms with Gasteiger partial charge in [-0.3, -0.25) is 0 Å². The number of rotatable bonds is 3. The van der Waals surface area contributed by atoms with Crippen LogP contribution in [-0.2, 0) is 6.61 Å². The SMILES string of the molecule is Cc1ccc(C)c(OCc2cc(Br)cs2)c1C. The summed E-state index contributed by atoms with van der Waals surface area (Å²) in [4.78, 5) is 1.23. The van der Waals surface area contributed by atoms with Crippen molar-refractivity contribution in [1.29, 1.82) is 0 Å². The highest BCUT2D eigenvalue weighted by Gasteiger charge is 2.07. The van der Waals surface area contributed by atoms with Gasteiger partial charge in [0.15, 0.2) is 0 Å². The van der Waals surface area contributed by atoms with Crippen molar-refractivity contribution in [2.24, 2.45) is 0 Å². The Bertz CT molecular complexity index is 531. The van der Waals surface area contributed by atoms with Crippen LogP contribution in [0.2, 0.25) is 0 Å². The van der Waals surface area contributed by atoms with E-state index in [0.717, 1.165) is 10.2 Å². The van der Waals surface area contributed by atoms with Crippen molar-refractivity contribution in [1.82, 2.24) is 0 Å². The van der Waals surface area contributed by atoms with Crippen LogP contribution in [0.1, 0.15) is 21.6 Å². The molecule has 3 heteroatoms. The van der Waals surface area contributed by atoms with E-state index in [1.165, 1.54) is 21.6 Å².